The SMILES string of the molecule is CCOC(=O)c1cn([C@H]2CN(C(=O)OC(C)(C)C)C[C@H]2F)cn1. The van der Waals surface area contributed by atoms with E-state index in [2.05, 4.69) is 4.98 Å². The smallest absolute Gasteiger partial charge is 0.410 e. The first kappa shape index (κ1) is 17.2. The van der Waals surface area contributed by atoms with Gasteiger partial charge in [0.2, 0.25) is 0 Å². The second kappa shape index (κ2) is 6.55. The maximum absolute atomic E-state index is 14.3. The maximum Gasteiger partial charge on any atom is 0.410 e. The summed E-state index contributed by atoms with van der Waals surface area (Å²) < 4.78 is 25.9. The van der Waals surface area contributed by atoms with Gasteiger partial charge in [-0.3, -0.25) is 0 Å². The fraction of sp³-hybridized carbons (Fsp3) is 0.667. The van der Waals surface area contributed by atoms with E-state index in [9.17, 15) is 14.0 Å². The summed E-state index contributed by atoms with van der Waals surface area (Å²) in [6, 6.07) is -0.599. The van der Waals surface area contributed by atoms with Gasteiger partial charge in [0.1, 0.15) is 11.8 Å². The molecule has 128 valence electrons. The number of nitrogens with zero attached hydrogens (tertiary/aromatic N) is 3. The average molecular weight is 327 g/mol. The number of amides is 1. The maximum atomic E-state index is 14.3. The summed E-state index contributed by atoms with van der Waals surface area (Å²) in [6.07, 6.45) is 1.01. The molecule has 0 aliphatic carbocycles. The highest BCUT2D eigenvalue weighted by Gasteiger charge is 2.38. The van der Waals surface area contributed by atoms with Gasteiger partial charge < -0.3 is 18.9 Å². The van der Waals surface area contributed by atoms with Crippen LogP contribution in [0.1, 0.15) is 44.2 Å². The van der Waals surface area contributed by atoms with E-state index in [4.69, 9.17) is 9.47 Å². The number of halogens is 1. The fourth-order valence-electron chi connectivity index (χ4n) is 2.33. The average Bonchev–Trinajstić information content (AvgIpc) is 3.03. The van der Waals surface area contributed by atoms with Gasteiger partial charge in [0.05, 0.1) is 25.5 Å². The molecule has 0 aromatic carbocycles. The highest BCUT2D eigenvalue weighted by atomic mass is 19.1. The van der Waals surface area contributed by atoms with Gasteiger partial charge >= 0.3 is 12.1 Å². The highest BCUT2D eigenvalue weighted by Crippen LogP contribution is 2.26. The lowest BCUT2D eigenvalue weighted by Crippen LogP contribution is -2.35. The van der Waals surface area contributed by atoms with E-state index in [0.717, 1.165) is 0 Å². The standard InChI is InChI=1S/C15H22FN3O4/c1-5-22-13(20)11-7-19(9-17-11)12-8-18(6-10(12)16)14(21)23-15(2,3)4/h7,9-10,12H,5-6,8H2,1-4H3/t10-,12+/m1/s1. The van der Waals surface area contributed by atoms with Crippen LogP contribution in [0.5, 0.6) is 0 Å². The molecular weight excluding hydrogens is 305 g/mol. The van der Waals surface area contributed by atoms with Crippen molar-refractivity contribution in [2.24, 2.45) is 0 Å². The molecule has 1 aromatic heterocycles. The van der Waals surface area contributed by atoms with Crippen molar-refractivity contribution in [3.63, 3.8) is 0 Å². The van der Waals surface area contributed by atoms with E-state index in [-0.39, 0.29) is 25.4 Å². The first-order valence-electron chi connectivity index (χ1n) is 7.54. The molecule has 1 aliphatic rings. The van der Waals surface area contributed by atoms with E-state index in [1.54, 1.807) is 27.7 Å². The second-order valence-corrected chi connectivity index (χ2v) is 6.40. The Kier molecular flexibility index (Phi) is 4.91. The van der Waals surface area contributed by atoms with Gasteiger partial charge in [0.15, 0.2) is 5.69 Å². The number of carbonyl (C=O) groups excluding carboxylic acids is 2. The topological polar surface area (TPSA) is 73.7 Å². The van der Waals surface area contributed by atoms with E-state index in [1.165, 1.54) is 22.0 Å². The molecule has 0 unspecified atom stereocenters. The van der Waals surface area contributed by atoms with Crippen LogP contribution in [-0.4, -0.2) is 58.0 Å². The lowest BCUT2D eigenvalue weighted by atomic mass is 10.2. The third kappa shape index (κ3) is 4.20. The van der Waals surface area contributed by atoms with Crippen molar-refractivity contribution in [2.75, 3.05) is 19.7 Å². The van der Waals surface area contributed by atoms with Crippen LogP contribution in [0.3, 0.4) is 0 Å². The molecule has 8 heteroatoms. The van der Waals surface area contributed by atoms with Gasteiger partial charge in [-0.05, 0) is 27.7 Å². The van der Waals surface area contributed by atoms with Crippen LogP contribution in [0.4, 0.5) is 9.18 Å². The highest BCUT2D eigenvalue weighted by molar-refractivity contribution is 5.86. The van der Waals surface area contributed by atoms with E-state index in [0.29, 0.717) is 0 Å². The number of rotatable bonds is 3. The Hall–Kier alpha value is -2.12. The summed E-state index contributed by atoms with van der Waals surface area (Å²) in [5.41, 5.74) is -0.512. The molecule has 2 atom stereocenters. The van der Waals surface area contributed by atoms with Crippen LogP contribution < -0.4 is 0 Å². The normalized spacial score (nSPS) is 21.3. The number of hydrogen-bond donors (Lipinski definition) is 0. The first-order chi connectivity index (χ1) is 10.7. The Balaban J connectivity index is 2.04. The number of aromatic nitrogens is 2. The van der Waals surface area contributed by atoms with Gasteiger partial charge in [-0.1, -0.05) is 0 Å². The summed E-state index contributed by atoms with van der Waals surface area (Å²) in [4.78, 5) is 28.9. The Morgan fingerprint density at radius 3 is 2.70 bits per heavy atom. The number of alkyl halides is 1. The summed E-state index contributed by atoms with van der Waals surface area (Å²) in [7, 11) is 0. The van der Waals surface area contributed by atoms with Gasteiger partial charge in [-0.25, -0.2) is 19.0 Å². The third-order valence-electron chi connectivity index (χ3n) is 3.34. The van der Waals surface area contributed by atoms with Crippen LogP contribution in [0.2, 0.25) is 0 Å². The Labute approximate surface area is 134 Å². The molecule has 0 radical (unpaired) electrons. The van der Waals surface area contributed by atoms with E-state index in [1.807, 2.05) is 0 Å². The minimum absolute atomic E-state index is 0.0491. The molecule has 1 aromatic rings. The molecule has 1 saturated heterocycles. The van der Waals surface area contributed by atoms with E-state index < -0.39 is 29.9 Å². The van der Waals surface area contributed by atoms with Crippen molar-refractivity contribution in [1.29, 1.82) is 0 Å². The number of carbonyl (C=O) groups is 2. The zero-order valence-corrected chi connectivity index (χ0v) is 13.8. The molecule has 2 rings (SSSR count). The zero-order valence-electron chi connectivity index (χ0n) is 13.8. The molecule has 1 amide bonds. The Morgan fingerprint density at radius 2 is 2.09 bits per heavy atom. The predicted octanol–water partition coefficient (Wildman–Crippen LogP) is 2.19. The molecule has 0 saturated carbocycles. The number of imidazole rings is 1. The molecule has 0 bridgehead atoms. The Bertz CT molecular complexity index is 582. The number of ether oxygens (including phenoxy) is 2. The van der Waals surface area contributed by atoms with Gasteiger partial charge in [0, 0.05) is 12.7 Å². The second-order valence-electron chi connectivity index (χ2n) is 6.40. The van der Waals surface area contributed by atoms with E-state index >= 15 is 0 Å². The summed E-state index contributed by atoms with van der Waals surface area (Å²) >= 11 is 0. The van der Waals surface area contributed by atoms with Crippen LogP contribution in [0.15, 0.2) is 12.5 Å². The lowest BCUT2D eigenvalue weighted by Gasteiger charge is -2.24. The minimum Gasteiger partial charge on any atom is -0.461 e. The third-order valence-corrected chi connectivity index (χ3v) is 3.34. The minimum atomic E-state index is -1.26. The van der Waals surface area contributed by atoms with Crippen molar-refractivity contribution in [2.45, 2.75) is 45.5 Å². The molecule has 0 spiro atoms. The number of hydrogen-bond acceptors (Lipinski definition) is 5. The molecule has 1 aliphatic heterocycles. The molecule has 2 heterocycles. The Morgan fingerprint density at radius 1 is 1.39 bits per heavy atom. The van der Waals surface area contributed by atoms with Crippen LogP contribution in [-0.2, 0) is 9.47 Å². The summed E-state index contributed by atoms with van der Waals surface area (Å²) in [5.74, 6) is -0.552. The largest absolute Gasteiger partial charge is 0.461 e. The zero-order chi connectivity index (χ0) is 17.2. The fourth-order valence-corrected chi connectivity index (χ4v) is 2.33. The number of esters is 1. The van der Waals surface area contributed by atoms with Gasteiger partial charge in [0.25, 0.3) is 0 Å². The van der Waals surface area contributed by atoms with Crippen molar-refractivity contribution >= 4 is 12.1 Å². The lowest BCUT2D eigenvalue weighted by molar-refractivity contribution is 0.0281. The van der Waals surface area contributed by atoms with Crippen molar-refractivity contribution in [3.8, 4) is 0 Å². The van der Waals surface area contributed by atoms with Crippen molar-refractivity contribution < 1.29 is 23.5 Å². The molecular formula is C15H22FN3O4. The molecule has 7 nitrogen and oxygen atoms in total. The van der Waals surface area contributed by atoms with Gasteiger partial charge in [-0.15, -0.1) is 0 Å². The predicted molar refractivity (Wildman–Crippen MR) is 79.9 cm³/mol. The first-order valence-corrected chi connectivity index (χ1v) is 7.54. The summed E-state index contributed by atoms with van der Waals surface area (Å²) in [5, 5.41) is 0. The van der Waals surface area contributed by atoms with Crippen LogP contribution in [0, 0.1) is 0 Å². The van der Waals surface area contributed by atoms with Crippen molar-refractivity contribution in [3.05, 3.63) is 18.2 Å². The van der Waals surface area contributed by atoms with Crippen molar-refractivity contribution in [1.82, 2.24) is 14.5 Å². The molecule has 1 fully saturated rings. The van der Waals surface area contributed by atoms with Crippen LogP contribution in [0.25, 0.3) is 0 Å². The monoisotopic (exact) mass is 327 g/mol. The molecule has 23 heavy (non-hydrogen) atoms. The van der Waals surface area contributed by atoms with Crippen LogP contribution >= 0.6 is 0 Å². The number of likely N-dealkylation sites (tertiary alicyclic amines) is 1. The van der Waals surface area contributed by atoms with Gasteiger partial charge in [-0.2, -0.15) is 0 Å². The quantitative estimate of drug-likeness (QED) is 0.796. The summed E-state index contributed by atoms with van der Waals surface area (Å²) in [6.45, 7) is 7.32. The molecule has 0 N–H and O–H groups in total.